The standard InChI is InChI=1S/C16H13BrO3/c1-19-14-9-11(17)5-6-12(14)15(18)13-4-2-3-10-7-8-20-16(10)13/h2-6,9H,7-8H2,1H3. The second-order valence-electron chi connectivity index (χ2n) is 4.57. The number of carbonyl (C=O) groups is 1. The Labute approximate surface area is 125 Å². The smallest absolute Gasteiger partial charge is 0.200 e. The molecule has 0 saturated heterocycles. The minimum atomic E-state index is -0.0758. The SMILES string of the molecule is COc1cc(Br)ccc1C(=O)c1cccc2c1OCC2. The summed E-state index contributed by atoms with van der Waals surface area (Å²) in [5, 5.41) is 0. The molecule has 102 valence electrons. The van der Waals surface area contributed by atoms with Crippen LogP contribution >= 0.6 is 15.9 Å². The van der Waals surface area contributed by atoms with Gasteiger partial charge in [0.15, 0.2) is 5.78 Å². The van der Waals surface area contributed by atoms with Gasteiger partial charge in [0.1, 0.15) is 11.5 Å². The Bertz CT molecular complexity index is 679. The zero-order valence-electron chi connectivity index (χ0n) is 11.0. The Morgan fingerprint density at radius 2 is 2.10 bits per heavy atom. The quantitative estimate of drug-likeness (QED) is 0.805. The summed E-state index contributed by atoms with van der Waals surface area (Å²) in [5.41, 5.74) is 2.23. The van der Waals surface area contributed by atoms with E-state index >= 15 is 0 Å². The topological polar surface area (TPSA) is 35.5 Å². The van der Waals surface area contributed by atoms with Crippen molar-refractivity contribution < 1.29 is 14.3 Å². The van der Waals surface area contributed by atoms with Gasteiger partial charge < -0.3 is 9.47 Å². The summed E-state index contributed by atoms with van der Waals surface area (Å²) >= 11 is 3.38. The average Bonchev–Trinajstić information content (AvgIpc) is 2.94. The van der Waals surface area contributed by atoms with Gasteiger partial charge in [-0.15, -0.1) is 0 Å². The Morgan fingerprint density at radius 1 is 1.25 bits per heavy atom. The van der Waals surface area contributed by atoms with E-state index in [4.69, 9.17) is 9.47 Å². The number of methoxy groups -OCH3 is 1. The third-order valence-corrected chi connectivity index (χ3v) is 3.86. The number of halogens is 1. The summed E-state index contributed by atoms with van der Waals surface area (Å²) in [7, 11) is 1.56. The van der Waals surface area contributed by atoms with Crippen LogP contribution in [0.5, 0.6) is 11.5 Å². The molecule has 0 atom stereocenters. The number of fused-ring (bicyclic) bond motifs is 1. The van der Waals surface area contributed by atoms with Gasteiger partial charge in [0.25, 0.3) is 0 Å². The van der Waals surface area contributed by atoms with Gasteiger partial charge in [-0.05, 0) is 29.8 Å². The van der Waals surface area contributed by atoms with Gasteiger partial charge >= 0.3 is 0 Å². The number of hydrogen-bond acceptors (Lipinski definition) is 3. The number of para-hydroxylation sites is 1. The first kappa shape index (κ1) is 13.2. The highest BCUT2D eigenvalue weighted by molar-refractivity contribution is 9.10. The number of benzene rings is 2. The van der Waals surface area contributed by atoms with Crippen LogP contribution in [-0.2, 0) is 6.42 Å². The molecule has 0 aromatic heterocycles. The van der Waals surface area contributed by atoms with Gasteiger partial charge in [-0.25, -0.2) is 0 Å². The third kappa shape index (κ3) is 2.20. The van der Waals surface area contributed by atoms with E-state index in [1.807, 2.05) is 18.2 Å². The fourth-order valence-electron chi connectivity index (χ4n) is 2.39. The van der Waals surface area contributed by atoms with Crippen molar-refractivity contribution in [3.05, 3.63) is 57.6 Å². The lowest BCUT2D eigenvalue weighted by Gasteiger charge is -2.10. The van der Waals surface area contributed by atoms with Crippen molar-refractivity contribution in [1.29, 1.82) is 0 Å². The molecule has 2 aromatic carbocycles. The molecular weight excluding hydrogens is 320 g/mol. The van der Waals surface area contributed by atoms with E-state index in [-0.39, 0.29) is 5.78 Å². The number of ether oxygens (including phenoxy) is 2. The van der Waals surface area contributed by atoms with Gasteiger partial charge in [-0.2, -0.15) is 0 Å². The molecule has 1 aliphatic heterocycles. The van der Waals surface area contributed by atoms with Crippen LogP contribution in [0, 0.1) is 0 Å². The Morgan fingerprint density at radius 3 is 2.90 bits per heavy atom. The lowest BCUT2D eigenvalue weighted by atomic mass is 9.99. The number of hydrogen-bond donors (Lipinski definition) is 0. The first-order valence-electron chi connectivity index (χ1n) is 6.33. The minimum absolute atomic E-state index is 0.0758. The van der Waals surface area contributed by atoms with Crippen LogP contribution in [0.15, 0.2) is 40.9 Å². The van der Waals surface area contributed by atoms with Crippen LogP contribution in [0.2, 0.25) is 0 Å². The van der Waals surface area contributed by atoms with Crippen LogP contribution in [0.4, 0.5) is 0 Å². The predicted octanol–water partition coefficient (Wildman–Crippen LogP) is 3.62. The molecule has 0 N–H and O–H groups in total. The van der Waals surface area contributed by atoms with E-state index in [2.05, 4.69) is 15.9 Å². The van der Waals surface area contributed by atoms with E-state index in [1.54, 1.807) is 25.3 Å². The molecular formula is C16H13BrO3. The van der Waals surface area contributed by atoms with Crippen molar-refractivity contribution in [3.63, 3.8) is 0 Å². The van der Waals surface area contributed by atoms with Crippen LogP contribution in [0.1, 0.15) is 21.5 Å². The molecule has 20 heavy (non-hydrogen) atoms. The van der Waals surface area contributed by atoms with E-state index in [0.717, 1.165) is 16.5 Å². The Balaban J connectivity index is 2.08. The van der Waals surface area contributed by atoms with Crippen LogP contribution in [0.3, 0.4) is 0 Å². The molecule has 2 aromatic rings. The molecule has 0 aliphatic carbocycles. The van der Waals surface area contributed by atoms with Crippen LogP contribution in [-0.4, -0.2) is 19.5 Å². The fraction of sp³-hybridized carbons (Fsp3) is 0.188. The van der Waals surface area contributed by atoms with Crippen molar-refractivity contribution in [2.24, 2.45) is 0 Å². The van der Waals surface area contributed by atoms with Crippen molar-refractivity contribution in [2.45, 2.75) is 6.42 Å². The highest BCUT2D eigenvalue weighted by atomic mass is 79.9. The monoisotopic (exact) mass is 332 g/mol. The van der Waals surface area contributed by atoms with Gasteiger partial charge in [0.2, 0.25) is 0 Å². The van der Waals surface area contributed by atoms with Gasteiger partial charge in [0.05, 0.1) is 24.8 Å². The van der Waals surface area contributed by atoms with E-state index < -0.39 is 0 Å². The lowest BCUT2D eigenvalue weighted by Crippen LogP contribution is -2.06. The first-order valence-corrected chi connectivity index (χ1v) is 7.13. The molecule has 0 amide bonds. The molecule has 0 spiro atoms. The van der Waals surface area contributed by atoms with Crippen molar-refractivity contribution >= 4 is 21.7 Å². The third-order valence-electron chi connectivity index (χ3n) is 3.37. The van der Waals surface area contributed by atoms with Crippen molar-refractivity contribution in [2.75, 3.05) is 13.7 Å². The molecule has 0 fully saturated rings. The Hall–Kier alpha value is -1.81. The molecule has 0 radical (unpaired) electrons. The molecule has 3 nitrogen and oxygen atoms in total. The summed E-state index contributed by atoms with van der Waals surface area (Å²) in [6.45, 7) is 0.636. The lowest BCUT2D eigenvalue weighted by molar-refractivity contribution is 0.103. The molecule has 3 rings (SSSR count). The summed E-state index contributed by atoms with van der Waals surface area (Å²) in [5.74, 6) is 1.19. The van der Waals surface area contributed by atoms with Gasteiger partial charge in [-0.3, -0.25) is 4.79 Å². The van der Waals surface area contributed by atoms with Crippen molar-refractivity contribution in [1.82, 2.24) is 0 Å². The summed E-state index contributed by atoms with van der Waals surface area (Å²) < 4.78 is 11.8. The number of rotatable bonds is 3. The molecule has 1 heterocycles. The molecule has 1 aliphatic rings. The minimum Gasteiger partial charge on any atom is -0.496 e. The van der Waals surface area contributed by atoms with E-state index in [1.165, 1.54) is 0 Å². The Kier molecular flexibility index (Phi) is 3.49. The second-order valence-corrected chi connectivity index (χ2v) is 5.48. The summed E-state index contributed by atoms with van der Waals surface area (Å²) in [6, 6.07) is 11.1. The zero-order valence-corrected chi connectivity index (χ0v) is 12.6. The largest absolute Gasteiger partial charge is 0.496 e. The van der Waals surface area contributed by atoms with Crippen LogP contribution < -0.4 is 9.47 Å². The van der Waals surface area contributed by atoms with Gasteiger partial charge in [-0.1, -0.05) is 28.1 Å². The normalized spacial score (nSPS) is 12.7. The fourth-order valence-corrected chi connectivity index (χ4v) is 2.73. The maximum atomic E-state index is 12.7. The number of ketones is 1. The molecule has 4 heteroatoms. The van der Waals surface area contributed by atoms with E-state index in [9.17, 15) is 4.79 Å². The zero-order chi connectivity index (χ0) is 14.1. The van der Waals surface area contributed by atoms with E-state index in [0.29, 0.717) is 29.2 Å². The highest BCUT2D eigenvalue weighted by Gasteiger charge is 2.23. The molecule has 0 bridgehead atoms. The summed E-state index contributed by atoms with van der Waals surface area (Å²) in [6.07, 6.45) is 0.855. The van der Waals surface area contributed by atoms with Crippen LogP contribution in [0.25, 0.3) is 0 Å². The highest BCUT2D eigenvalue weighted by Crippen LogP contribution is 2.33. The maximum Gasteiger partial charge on any atom is 0.200 e. The summed E-state index contributed by atoms with van der Waals surface area (Å²) in [4.78, 5) is 12.7. The predicted molar refractivity (Wildman–Crippen MR) is 79.8 cm³/mol. The molecule has 0 saturated carbocycles. The molecule has 0 unspecified atom stereocenters. The van der Waals surface area contributed by atoms with Gasteiger partial charge in [0, 0.05) is 10.9 Å². The maximum absolute atomic E-state index is 12.7. The average molecular weight is 333 g/mol. The first-order chi connectivity index (χ1) is 9.70. The van der Waals surface area contributed by atoms with Crippen molar-refractivity contribution in [3.8, 4) is 11.5 Å². The second kappa shape index (κ2) is 5.29. The number of carbonyl (C=O) groups excluding carboxylic acids is 1.